The average molecular weight is 1230 g/mol. The minimum Gasteiger partial charge on any atom is -0.508 e. The summed E-state index contributed by atoms with van der Waals surface area (Å²) >= 11 is 4.25. The molecule has 0 saturated carbocycles. The lowest BCUT2D eigenvalue weighted by Crippen LogP contribution is -2.61. The van der Waals surface area contributed by atoms with Gasteiger partial charge in [-0.05, 0) is 109 Å². The number of phenols is 1. The van der Waals surface area contributed by atoms with Crippen molar-refractivity contribution < 1.29 is 76.9 Å². The highest BCUT2D eigenvalue weighted by Crippen LogP contribution is 2.15. The first kappa shape index (κ1) is 73.9. The molecule has 2 aromatic rings. The number of hydrogen-bond acceptors (Lipinski definition) is 17. The zero-order valence-corrected chi connectivity index (χ0v) is 52.3. The monoisotopic (exact) mass is 1230 g/mol. The van der Waals surface area contributed by atoms with Crippen molar-refractivity contribution in [1.82, 2.24) is 58.1 Å². The zero-order valence-electron chi connectivity index (χ0n) is 51.4. The third-order valence-corrected chi connectivity index (χ3v) is 13.1. The van der Waals surface area contributed by atoms with E-state index in [9.17, 15) is 62.6 Å². The van der Waals surface area contributed by atoms with E-state index >= 15 is 0 Å². The summed E-state index contributed by atoms with van der Waals surface area (Å²) in [6, 6.07) is 6.45. The van der Waals surface area contributed by atoms with E-state index in [1.54, 1.807) is 58.9 Å². The van der Waals surface area contributed by atoms with Crippen molar-refractivity contribution >= 4 is 83.9 Å². The van der Waals surface area contributed by atoms with Gasteiger partial charge in [-0.25, -0.2) is 14.4 Å². The van der Waals surface area contributed by atoms with Crippen LogP contribution in [0.1, 0.15) is 113 Å². The van der Waals surface area contributed by atoms with Crippen LogP contribution in [-0.2, 0) is 75.2 Å². The summed E-state index contributed by atoms with van der Waals surface area (Å²) in [5, 5.41) is 35.2. The molecule has 0 aromatic heterocycles. The van der Waals surface area contributed by atoms with Crippen molar-refractivity contribution in [3.63, 3.8) is 0 Å². The molecular weight excluding hydrogens is 1140 g/mol. The maximum atomic E-state index is 13.9. The van der Waals surface area contributed by atoms with Crippen molar-refractivity contribution in [2.45, 2.75) is 168 Å². The van der Waals surface area contributed by atoms with E-state index in [0.717, 1.165) is 10.5 Å². The number of benzene rings is 2. The molecule has 0 saturated heterocycles. The molecule has 0 radical (unpaired) electrons. The molecule has 0 unspecified atom stereocenters. The van der Waals surface area contributed by atoms with Crippen LogP contribution in [0.5, 0.6) is 5.75 Å². The van der Waals surface area contributed by atoms with Gasteiger partial charge in [-0.3, -0.25) is 43.2 Å². The maximum Gasteiger partial charge on any atom is 0.408 e. The number of nitrogens with zero attached hydrogens (tertiary/aromatic N) is 1. The number of thiol groups is 1. The largest absolute Gasteiger partial charge is 0.508 e. The van der Waals surface area contributed by atoms with Crippen LogP contribution in [0.4, 0.5) is 9.59 Å². The minimum atomic E-state index is -1.72. The van der Waals surface area contributed by atoms with Crippen LogP contribution in [0.3, 0.4) is 0 Å². The van der Waals surface area contributed by atoms with E-state index in [2.05, 4.69) is 65.8 Å². The topological polar surface area (TPSA) is 376 Å². The van der Waals surface area contributed by atoms with Crippen molar-refractivity contribution in [2.75, 3.05) is 39.5 Å². The van der Waals surface area contributed by atoms with Crippen molar-refractivity contribution in [2.24, 2.45) is 11.8 Å². The van der Waals surface area contributed by atoms with Gasteiger partial charge in [0.25, 0.3) is 0 Å². The van der Waals surface area contributed by atoms with Gasteiger partial charge < -0.3 is 77.4 Å². The van der Waals surface area contributed by atoms with Crippen LogP contribution >= 0.6 is 12.6 Å². The number of alkyl carbamates (subject to hydrolysis) is 2. The number of methoxy groups -OCH3 is 1. The van der Waals surface area contributed by atoms with Gasteiger partial charge in [0.05, 0.1) is 20.2 Å². The van der Waals surface area contributed by atoms with Crippen LogP contribution in [0.25, 0.3) is 0 Å². The number of amides is 11. The third kappa shape index (κ3) is 27.2. The molecule has 7 atom stereocenters. The fourth-order valence-corrected chi connectivity index (χ4v) is 8.54. The Bertz CT molecular complexity index is 2640. The molecule has 27 nitrogen and oxygen atoms in total. The molecule has 11 N–H and O–H groups in total. The first-order valence-electron chi connectivity index (χ1n) is 28.2. The number of esters is 1. The second-order valence-electron chi connectivity index (χ2n) is 22.8. The molecule has 0 aliphatic heterocycles. The molecule has 2 aromatic carbocycles. The maximum absolute atomic E-state index is 13.9. The first-order chi connectivity index (χ1) is 40.2. The van der Waals surface area contributed by atoms with Gasteiger partial charge in [0.15, 0.2) is 0 Å². The number of ether oxygens (including phenoxy) is 3. The standard InChI is InChI=1S/C58H89N11O16S/c1-33(2)27-41(65-48(74)36(6)63-56(82)85-57(7,8)9)50(76)64-40(21-17-18-26-59-55(81)84-31-38-19-15-14-16-20-38)49(75)60-30-45(72)68-58(10,11)54(80)69(12)43(32-86)52(78)61-29-44(71)62-35(5)47(73)66-42(28-37-22-24-39(70)25-23-37)51(77)67-46(34(3)4)53(79)83-13/h14-16,19-20,22-25,33-36,40-43,46,70,86H,17-18,21,26-32H2,1-13H3,(H,59,81)(H,60,75)(H,61,78)(H,62,71)(H,63,82)(H,64,76)(H,65,74)(H,66,73)(H,67,77)(H,68,72)/t35-,36-,40-,41-,42-,43-,46-/m0/s1. The van der Waals surface area contributed by atoms with Crippen LogP contribution in [0.15, 0.2) is 54.6 Å². The van der Waals surface area contributed by atoms with Crippen LogP contribution < -0.4 is 53.2 Å². The van der Waals surface area contributed by atoms with Gasteiger partial charge in [0.1, 0.15) is 65.8 Å². The summed E-state index contributed by atoms with van der Waals surface area (Å²) in [6.45, 7) is 16.2. The summed E-state index contributed by atoms with van der Waals surface area (Å²) < 4.78 is 15.3. The molecule has 0 aliphatic carbocycles. The van der Waals surface area contributed by atoms with Gasteiger partial charge in [0.2, 0.25) is 53.2 Å². The highest BCUT2D eigenvalue weighted by atomic mass is 32.1. The van der Waals surface area contributed by atoms with Crippen molar-refractivity contribution in [1.29, 1.82) is 0 Å². The minimum absolute atomic E-state index is 0.000236. The number of carbonyl (C=O) groups is 12. The Morgan fingerprint density at radius 2 is 1.16 bits per heavy atom. The molecule has 2 rings (SSSR count). The first-order valence-corrected chi connectivity index (χ1v) is 28.9. The van der Waals surface area contributed by atoms with Crippen molar-refractivity contribution in [3.05, 3.63) is 65.7 Å². The number of rotatable bonds is 33. The highest BCUT2D eigenvalue weighted by molar-refractivity contribution is 7.80. The van der Waals surface area contributed by atoms with E-state index in [0.29, 0.717) is 12.0 Å². The second kappa shape index (κ2) is 36.0. The quantitative estimate of drug-likeness (QED) is 0.0206. The van der Waals surface area contributed by atoms with E-state index in [1.807, 2.05) is 19.9 Å². The van der Waals surface area contributed by atoms with Gasteiger partial charge in [-0.1, -0.05) is 70.2 Å². The smallest absolute Gasteiger partial charge is 0.408 e. The van der Waals surface area contributed by atoms with Crippen LogP contribution in [-0.4, -0.2) is 174 Å². The third-order valence-electron chi connectivity index (χ3n) is 12.8. The number of aromatic hydroxyl groups is 1. The molecule has 11 amide bonds. The summed E-state index contributed by atoms with van der Waals surface area (Å²) in [7, 11) is 2.44. The SMILES string of the molecule is COC(=O)[C@@H](NC(=O)[C@H](Cc1ccc(O)cc1)NC(=O)[C@H](C)NC(=O)CNC(=O)[C@H](CS)N(C)C(=O)C(C)(C)NC(=O)CNC(=O)[C@H](CCCCNC(=O)OCc1ccccc1)NC(=O)[C@H](CC(C)C)NC(=O)[C@H](C)NC(=O)OC(C)(C)C)C(C)C. The lowest BCUT2D eigenvalue weighted by Gasteiger charge is -2.34. The second-order valence-corrected chi connectivity index (χ2v) is 23.2. The van der Waals surface area contributed by atoms with Gasteiger partial charge in [0, 0.05) is 25.8 Å². The van der Waals surface area contributed by atoms with Gasteiger partial charge >= 0.3 is 18.2 Å². The molecule has 478 valence electrons. The molecule has 0 bridgehead atoms. The Morgan fingerprint density at radius 3 is 1.73 bits per heavy atom. The predicted octanol–water partition coefficient (Wildman–Crippen LogP) is 1.15. The summed E-state index contributed by atoms with van der Waals surface area (Å²) in [6.07, 6.45) is -0.868. The number of likely N-dealkylation sites (N-methyl/N-ethyl adjacent to an activating group) is 1. The molecule has 0 fully saturated rings. The van der Waals surface area contributed by atoms with Crippen LogP contribution in [0.2, 0.25) is 0 Å². The van der Waals surface area contributed by atoms with Crippen molar-refractivity contribution in [3.8, 4) is 5.75 Å². The summed E-state index contributed by atoms with van der Waals surface area (Å²) in [5.41, 5.74) is -1.23. The van der Waals surface area contributed by atoms with Gasteiger partial charge in [-0.15, -0.1) is 0 Å². The fraction of sp³-hybridized carbons (Fsp3) is 0.586. The molecule has 86 heavy (non-hydrogen) atoms. The summed E-state index contributed by atoms with van der Waals surface area (Å²) in [4.78, 5) is 160. The Balaban J connectivity index is 2.13. The summed E-state index contributed by atoms with van der Waals surface area (Å²) in [5.74, 6) is -8.57. The Morgan fingerprint density at radius 1 is 0.605 bits per heavy atom. The molecule has 0 spiro atoms. The highest BCUT2D eigenvalue weighted by Gasteiger charge is 2.38. The normalized spacial score (nSPS) is 13.7. The Hall–Kier alpha value is -8.17. The Kier molecular flexibility index (Phi) is 30.9. The molecule has 0 heterocycles. The van der Waals surface area contributed by atoms with Crippen LogP contribution in [0, 0.1) is 11.8 Å². The molecule has 0 aliphatic rings. The lowest BCUT2D eigenvalue weighted by atomic mass is 10.0. The number of carbonyl (C=O) groups excluding carboxylic acids is 12. The number of unbranched alkanes of at least 4 members (excludes halogenated alkanes) is 1. The van der Waals surface area contributed by atoms with E-state index in [1.165, 1.54) is 66.1 Å². The predicted molar refractivity (Wildman–Crippen MR) is 319 cm³/mol. The average Bonchev–Trinajstić information content (AvgIpc) is 3.65. The van der Waals surface area contributed by atoms with E-state index in [4.69, 9.17) is 14.2 Å². The van der Waals surface area contributed by atoms with Gasteiger partial charge in [-0.2, -0.15) is 12.6 Å². The number of hydrogen-bond donors (Lipinski definition) is 12. The molecule has 28 heteroatoms. The molecular formula is C58H89N11O16S. The number of phenolic OH excluding ortho intramolecular Hbond substituents is 1. The van der Waals surface area contributed by atoms with E-state index < -0.39 is 138 Å². The number of nitrogens with one attached hydrogen (secondary N) is 10. The van der Waals surface area contributed by atoms with E-state index in [-0.39, 0.29) is 62.2 Å². The lowest BCUT2D eigenvalue weighted by molar-refractivity contribution is -0.146. The zero-order chi connectivity index (χ0) is 65.1. The fourth-order valence-electron chi connectivity index (χ4n) is 8.12. The Labute approximate surface area is 508 Å².